The lowest BCUT2D eigenvalue weighted by molar-refractivity contribution is 0.176. The van der Waals surface area contributed by atoms with Gasteiger partial charge in [0.2, 0.25) is 6.86 Å². The van der Waals surface area contributed by atoms with Crippen LogP contribution >= 0.6 is 0 Å². The number of alkyl halides is 1. The summed E-state index contributed by atoms with van der Waals surface area (Å²) in [5.74, 6) is -2.80. The minimum absolute atomic E-state index is 0.0150. The first-order valence-corrected chi connectivity index (χ1v) is 11.3. The van der Waals surface area contributed by atoms with E-state index in [2.05, 4.69) is 29.9 Å². The van der Waals surface area contributed by atoms with Crippen LogP contribution < -0.4 is 4.74 Å². The zero-order valence-corrected chi connectivity index (χ0v) is 18.5. The van der Waals surface area contributed by atoms with Crippen molar-refractivity contribution in [3.63, 3.8) is 0 Å². The molecular formula is C28H26F4O. The largest absolute Gasteiger partial charge is 0.457 e. The number of rotatable bonds is 7. The molecule has 1 atom stereocenters. The summed E-state index contributed by atoms with van der Waals surface area (Å²) >= 11 is 0. The summed E-state index contributed by atoms with van der Waals surface area (Å²) in [5.41, 5.74) is 4.14. The van der Waals surface area contributed by atoms with Gasteiger partial charge in [0.15, 0.2) is 17.4 Å². The van der Waals surface area contributed by atoms with Crippen molar-refractivity contribution in [3.8, 4) is 28.0 Å². The molecule has 172 valence electrons. The molecule has 1 aliphatic rings. The van der Waals surface area contributed by atoms with Gasteiger partial charge in [-0.25, -0.2) is 17.6 Å². The van der Waals surface area contributed by atoms with E-state index in [1.54, 1.807) is 6.07 Å². The van der Waals surface area contributed by atoms with Gasteiger partial charge in [0.1, 0.15) is 5.82 Å². The fourth-order valence-corrected chi connectivity index (χ4v) is 4.53. The highest BCUT2D eigenvalue weighted by molar-refractivity contribution is 5.74. The Kier molecular flexibility index (Phi) is 7.17. The Hall–Kier alpha value is -3.08. The summed E-state index contributed by atoms with van der Waals surface area (Å²) in [6.45, 7) is 0.870. The van der Waals surface area contributed by atoms with Gasteiger partial charge in [-0.05, 0) is 71.2 Å². The maximum Gasteiger partial charge on any atom is 0.228 e. The highest BCUT2D eigenvalue weighted by atomic mass is 19.1. The summed E-state index contributed by atoms with van der Waals surface area (Å²) < 4.78 is 59.6. The lowest BCUT2D eigenvalue weighted by atomic mass is 9.84. The molecule has 1 aliphatic carbocycles. The van der Waals surface area contributed by atoms with Gasteiger partial charge in [-0.3, -0.25) is 0 Å². The topological polar surface area (TPSA) is 9.23 Å². The molecule has 1 nitrogen and oxygen atoms in total. The minimum atomic E-state index is -1.36. The van der Waals surface area contributed by atoms with Crippen molar-refractivity contribution >= 4 is 5.57 Å². The zero-order valence-electron chi connectivity index (χ0n) is 18.5. The third kappa shape index (κ3) is 5.13. The molecule has 0 aromatic heterocycles. The van der Waals surface area contributed by atoms with Crippen molar-refractivity contribution in [1.82, 2.24) is 0 Å². The molecule has 3 aromatic rings. The van der Waals surface area contributed by atoms with Gasteiger partial charge in [-0.1, -0.05) is 62.2 Å². The highest BCUT2D eigenvalue weighted by Crippen LogP contribution is 2.35. The van der Waals surface area contributed by atoms with Gasteiger partial charge in [0.25, 0.3) is 0 Å². The van der Waals surface area contributed by atoms with Crippen molar-refractivity contribution in [2.24, 2.45) is 5.92 Å². The number of benzene rings is 3. The molecule has 0 amide bonds. The molecule has 0 N–H and O–H groups in total. The Bertz CT molecular complexity index is 1130. The van der Waals surface area contributed by atoms with Gasteiger partial charge in [0, 0.05) is 5.56 Å². The molecule has 4 rings (SSSR count). The molecule has 0 fully saturated rings. The lowest BCUT2D eigenvalue weighted by Crippen LogP contribution is -2.04. The van der Waals surface area contributed by atoms with Crippen LogP contribution in [0.2, 0.25) is 0 Å². The number of halogens is 4. The summed E-state index contributed by atoms with van der Waals surface area (Å²) in [7, 11) is 0. The summed E-state index contributed by atoms with van der Waals surface area (Å²) in [5, 5.41) is 0. The van der Waals surface area contributed by atoms with Crippen LogP contribution in [-0.2, 0) is 0 Å². The van der Waals surface area contributed by atoms with E-state index in [1.165, 1.54) is 42.5 Å². The van der Waals surface area contributed by atoms with Crippen LogP contribution in [0.5, 0.6) is 5.75 Å². The SMILES string of the molecule is CCCC1CC=C(c2ccc(-c3ccc(-c4cc(F)c(OCF)c(F)c4)c(F)c3)cc2)CC1. The second-order valence-electron chi connectivity index (χ2n) is 8.45. The fraction of sp³-hybridized carbons (Fsp3) is 0.286. The zero-order chi connectivity index (χ0) is 23.4. The Morgan fingerprint density at radius 1 is 0.818 bits per heavy atom. The van der Waals surface area contributed by atoms with E-state index in [9.17, 15) is 17.6 Å². The molecule has 0 saturated carbocycles. The fourth-order valence-electron chi connectivity index (χ4n) is 4.53. The van der Waals surface area contributed by atoms with Gasteiger partial charge < -0.3 is 4.74 Å². The minimum Gasteiger partial charge on any atom is -0.457 e. The van der Waals surface area contributed by atoms with Crippen LogP contribution in [0.3, 0.4) is 0 Å². The summed E-state index contributed by atoms with van der Waals surface area (Å²) in [6.07, 6.45) is 8.26. The van der Waals surface area contributed by atoms with Crippen LogP contribution in [0.4, 0.5) is 17.6 Å². The van der Waals surface area contributed by atoms with E-state index >= 15 is 0 Å². The van der Waals surface area contributed by atoms with Crippen LogP contribution in [0.1, 0.15) is 44.6 Å². The Morgan fingerprint density at radius 3 is 2.03 bits per heavy atom. The first kappa shape index (κ1) is 23.1. The molecule has 0 saturated heterocycles. The standard InChI is InChI=1S/C28H26F4O/c1-2-3-18-4-6-19(7-5-18)20-8-10-21(11-9-20)22-12-13-24(25(30)14-22)23-15-26(31)28(33-17-29)27(32)16-23/h6,8-16,18H,2-5,7,17H2,1H3. The van der Waals surface area contributed by atoms with Crippen molar-refractivity contribution < 1.29 is 22.3 Å². The van der Waals surface area contributed by atoms with Crippen molar-refractivity contribution in [3.05, 3.63) is 83.7 Å². The lowest BCUT2D eigenvalue weighted by Gasteiger charge is -2.21. The van der Waals surface area contributed by atoms with Crippen LogP contribution in [0.25, 0.3) is 27.8 Å². The Morgan fingerprint density at radius 2 is 1.45 bits per heavy atom. The summed E-state index contributed by atoms with van der Waals surface area (Å²) in [6, 6.07) is 14.5. The smallest absolute Gasteiger partial charge is 0.228 e. The molecule has 3 aromatic carbocycles. The van der Waals surface area contributed by atoms with Crippen LogP contribution in [0, 0.1) is 23.4 Å². The molecule has 0 spiro atoms. The number of allylic oxidation sites excluding steroid dienone is 2. The first-order chi connectivity index (χ1) is 16.0. The van der Waals surface area contributed by atoms with E-state index in [-0.39, 0.29) is 11.1 Å². The molecule has 5 heteroatoms. The molecule has 0 aliphatic heterocycles. The van der Waals surface area contributed by atoms with E-state index < -0.39 is 30.1 Å². The quantitative estimate of drug-likeness (QED) is 0.324. The number of ether oxygens (including phenoxy) is 1. The van der Waals surface area contributed by atoms with E-state index in [0.29, 0.717) is 5.56 Å². The Labute approximate surface area is 191 Å². The highest BCUT2D eigenvalue weighted by Gasteiger charge is 2.17. The van der Waals surface area contributed by atoms with Gasteiger partial charge in [-0.15, -0.1) is 0 Å². The molecular weight excluding hydrogens is 428 g/mol. The predicted octanol–water partition coefficient (Wildman–Crippen LogP) is 8.73. The van der Waals surface area contributed by atoms with Crippen molar-refractivity contribution in [1.29, 1.82) is 0 Å². The number of hydrogen-bond acceptors (Lipinski definition) is 1. The second kappa shape index (κ2) is 10.2. The second-order valence-corrected chi connectivity index (χ2v) is 8.45. The molecule has 0 radical (unpaired) electrons. The monoisotopic (exact) mass is 454 g/mol. The molecule has 0 heterocycles. The van der Waals surface area contributed by atoms with Gasteiger partial charge in [0.05, 0.1) is 0 Å². The van der Waals surface area contributed by atoms with Crippen molar-refractivity contribution in [2.75, 3.05) is 6.86 Å². The predicted molar refractivity (Wildman–Crippen MR) is 124 cm³/mol. The number of hydrogen-bond donors (Lipinski definition) is 0. The van der Waals surface area contributed by atoms with Crippen molar-refractivity contribution in [2.45, 2.75) is 39.0 Å². The third-order valence-electron chi connectivity index (χ3n) is 6.28. The van der Waals surface area contributed by atoms with Crippen LogP contribution in [0.15, 0.2) is 60.7 Å². The first-order valence-electron chi connectivity index (χ1n) is 11.3. The third-order valence-corrected chi connectivity index (χ3v) is 6.28. The average molecular weight is 455 g/mol. The maximum absolute atomic E-state index is 14.9. The van der Waals surface area contributed by atoms with Gasteiger partial charge >= 0.3 is 0 Å². The van der Waals surface area contributed by atoms with Crippen LogP contribution in [-0.4, -0.2) is 6.86 Å². The van der Waals surface area contributed by atoms with E-state index in [0.717, 1.165) is 36.5 Å². The van der Waals surface area contributed by atoms with E-state index in [4.69, 9.17) is 0 Å². The van der Waals surface area contributed by atoms with Gasteiger partial charge in [-0.2, -0.15) is 0 Å². The molecule has 0 bridgehead atoms. The molecule has 1 unspecified atom stereocenters. The summed E-state index contributed by atoms with van der Waals surface area (Å²) in [4.78, 5) is 0. The van der Waals surface area contributed by atoms with E-state index in [1.807, 2.05) is 12.1 Å². The normalized spacial score (nSPS) is 15.9. The molecule has 33 heavy (non-hydrogen) atoms. The Balaban J connectivity index is 1.54. The maximum atomic E-state index is 14.9. The average Bonchev–Trinajstić information content (AvgIpc) is 2.82.